The molecule has 0 unspecified atom stereocenters. The van der Waals surface area contributed by atoms with Crippen LogP contribution >= 0.6 is 11.6 Å². The summed E-state index contributed by atoms with van der Waals surface area (Å²) in [7, 11) is 0. The maximum Gasteiger partial charge on any atom is 0.433 e. The van der Waals surface area contributed by atoms with E-state index in [1.165, 1.54) is 11.1 Å². The summed E-state index contributed by atoms with van der Waals surface area (Å²) >= 11 is 6.31. The van der Waals surface area contributed by atoms with Crippen LogP contribution < -0.4 is 0 Å². The zero-order chi connectivity index (χ0) is 27.1. The van der Waals surface area contributed by atoms with E-state index < -0.39 is 41.3 Å². The molecule has 2 fully saturated rings. The molecule has 0 aromatic carbocycles. The second kappa shape index (κ2) is 10.3. The van der Waals surface area contributed by atoms with Gasteiger partial charge in [0.25, 0.3) is 5.91 Å². The van der Waals surface area contributed by atoms with E-state index in [0.717, 1.165) is 28.4 Å². The molecular formula is C26H32ClF3N4O3. The number of carboxylic acid groups (broad SMARTS) is 1. The lowest BCUT2D eigenvalue weighted by Crippen LogP contribution is -2.37. The topological polar surface area (TPSA) is 88.3 Å². The first-order valence-electron chi connectivity index (χ1n) is 12.6. The lowest BCUT2D eigenvalue weighted by molar-refractivity contribution is -0.147. The fraction of sp³-hybridized carbons (Fsp3) is 0.615. The quantitative estimate of drug-likeness (QED) is 0.457. The first-order valence-corrected chi connectivity index (χ1v) is 12.9. The number of nitrogens with zero attached hydrogens (tertiary/aromatic N) is 4. The van der Waals surface area contributed by atoms with Crippen molar-refractivity contribution in [2.24, 2.45) is 17.3 Å². The molecular weight excluding hydrogens is 509 g/mol. The molecule has 1 N–H and O–H groups in total. The molecule has 1 atom stereocenters. The van der Waals surface area contributed by atoms with E-state index in [-0.39, 0.29) is 43.6 Å². The van der Waals surface area contributed by atoms with Gasteiger partial charge in [0, 0.05) is 25.5 Å². The van der Waals surface area contributed by atoms with Gasteiger partial charge in [-0.15, -0.1) is 0 Å². The van der Waals surface area contributed by atoms with Crippen molar-refractivity contribution in [2.45, 2.75) is 71.5 Å². The number of alkyl halides is 3. The molecule has 2 aliphatic rings. The molecule has 0 bridgehead atoms. The van der Waals surface area contributed by atoms with Crippen LogP contribution in [0.15, 0.2) is 18.6 Å². The maximum atomic E-state index is 14.3. The highest BCUT2D eigenvalue weighted by Crippen LogP contribution is 2.52. The molecule has 0 spiro atoms. The van der Waals surface area contributed by atoms with E-state index in [9.17, 15) is 27.9 Å². The summed E-state index contributed by atoms with van der Waals surface area (Å²) in [5.74, 6) is -2.01. The second-order valence-electron chi connectivity index (χ2n) is 11.0. The Kier molecular flexibility index (Phi) is 7.61. The second-order valence-corrected chi connectivity index (χ2v) is 11.4. The molecule has 202 valence electrons. The first kappa shape index (κ1) is 27.4. The summed E-state index contributed by atoms with van der Waals surface area (Å²) in [5, 5.41) is 13.7. The van der Waals surface area contributed by atoms with Crippen LogP contribution in [0, 0.1) is 24.2 Å². The van der Waals surface area contributed by atoms with Crippen molar-refractivity contribution in [3.63, 3.8) is 0 Å². The molecule has 37 heavy (non-hydrogen) atoms. The van der Waals surface area contributed by atoms with Gasteiger partial charge in [-0.2, -0.15) is 18.3 Å². The van der Waals surface area contributed by atoms with Crippen LogP contribution in [0.1, 0.15) is 79.2 Å². The number of aliphatic carboxylic acids is 1. The van der Waals surface area contributed by atoms with E-state index >= 15 is 0 Å². The van der Waals surface area contributed by atoms with Crippen LogP contribution in [0.2, 0.25) is 5.02 Å². The lowest BCUT2D eigenvalue weighted by atomic mass is 9.86. The molecule has 2 heterocycles. The van der Waals surface area contributed by atoms with Gasteiger partial charge in [-0.25, -0.2) is 0 Å². The highest BCUT2D eigenvalue weighted by Gasteiger charge is 2.48. The summed E-state index contributed by atoms with van der Waals surface area (Å²) in [6.07, 6.45) is 1.76. The molecule has 0 saturated heterocycles. The van der Waals surface area contributed by atoms with Crippen molar-refractivity contribution in [2.75, 3.05) is 13.1 Å². The van der Waals surface area contributed by atoms with Crippen molar-refractivity contribution in [3.05, 3.63) is 46.0 Å². The number of carbonyl (C=O) groups is 2. The SMILES string of the molecule is Cc1cncc(Cl)c1CCN(C[C@@H]1CC1(C)C)C(=O)c1cnn(C2CCC(C(=O)O)CC2)c1C(F)(F)F. The molecule has 2 aromatic heterocycles. The predicted octanol–water partition coefficient (Wildman–Crippen LogP) is 5.81. The Balaban J connectivity index is 1.61. The molecule has 0 aliphatic heterocycles. The number of halogens is 4. The summed E-state index contributed by atoms with van der Waals surface area (Å²) in [6, 6.07) is -0.608. The Hall–Kier alpha value is -2.62. The van der Waals surface area contributed by atoms with Gasteiger partial charge < -0.3 is 10.0 Å². The average molecular weight is 541 g/mol. The first-order chi connectivity index (χ1) is 17.3. The normalized spacial score (nSPS) is 23.1. The summed E-state index contributed by atoms with van der Waals surface area (Å²) in [5.41, 5.74) is 0.167. The number of carbonyl (C=O) groups excluding carboxylic acids is 1. The number of amides is 1. The van der Waals surface area contributed by atoms with Crippen LogP contribution in [0.4, 0.5) is 13.2 Å². The van der Waals surface area contributed by atoms with Gasteiger partial charge in [-0.3, -0.25) is 19.3 Å². The van der Waals surface area contributed by atoms with E-state index in [0.29, 0.717) is 18.0 Å². The van der Waals surface area contributed by atoms with Gasteiger partial charge in [0.15, 0.2) is 5.69 Å². The summed E-state index contributed by atoms with van der Waals surface area (Å²) in [6.45, 7) is 6.57. The van der Waals surface area contributed by atoms with Gasteiger partial charge in [0.1, 0.15) is 0 Å². The van der Waals surface area contributed by atoms with Crippen LogP contribution in [0.5, 0.6) is 0 Å². The third kappa shape index (κ3) is 5.94. The van der Waals surface area contributed by atoms with Crippen molar-refractivity contribution >= 4 is 23.5 Å². The summed E-state index contributed by atoms with van der Waals surface area (Å²) in [4.78, 5) is 30.5. The van der Waals surface area contributed by atoms with Crippen molar-refractivity contribution in [3.8, 4) is 0 Å². The van der Waals surface area contributed by atoms with Gasteiger partial charge >= 0.3 is 12.1 Å². The molecule has 4 rings (SSSR count). The fourth-order valence-electron chi connectivity index (χ4n) is 5.37. The third-order valence-corrected chi connectivity index (χ3v) is 8.31. The lowest BCUT2D eigenvalue weighted by Gasteiger charge is -2.28. The minimum absolute atomic E-state index is 0.0303. The Morgan fingerprint density at radius 2 is 1.84 bits per heavy atom. The predicted molar refractivity (Wildman–Crippen MR) is 131 cm³/mol. The minimum atomic E-state index is -4.79. The third-order valence-electron chi connectivity index (χ3n) is 7.98. The molecule has 2 aliphatic carbocycles. The molecule has 1 amide bonds. The Morgan fingerprint density at radius 1 is 1.19 bits per heavy atom. The number of carboxylic acids is 1. The average Bonchev–Trinajstić information content (AvgIpc) is 3.20. The number of hydrogen-bond donors (Lipinski definition) is 1. The molecule has 2 saturated carbocycles. The van der Waals surface area contributed by atoms with Crippen LogP contribution in [0.3, 0.4) is 0 Å². The molecule has 0 radical (unpaired) electrons. The van der Waals surface area contributed by atoms with E-state index in [2.05, 4.69) is 23.9 Å². The van der Waals surface area contributed by atoms with Gasteiger partial charge in [-0.1, -0.05) is 25.4 Å². The molecule has 11 heteroatoms. The summed E-state index contributed by atoms with van der Waals surface area (Å²) < 4.78 is 43.9. The van der Waals surface area contributed by atoms with Crippen molar-refractivity contribution in [1.29, 1.82) is 0 Å². The van der Waals surface area contributed by atoms with Crippen molar-refractivity contribution < 1.29 is 27.9 Å². The molecule has 2 aromatic rings. The minimum Gasteiger partial charge on any atom is -0.481 e. The van der Waals surface area contributed by atoms with E-state index in [1.54, 1.807) is 6.20 Å². The molecule has 7 nitrogen and oxygen atoms in total. The van der Waals surface area contributed by atoms with Crippen LogP contribution in [-0.2, 0) is 17.4 Å². The van der Waals surface area contributed by atoms with Gasteiger partial charge in [-0.05, 0) is 67.9 Å². The number of pyridine rings is 1. The number of hydrogen-bond acceptors (Lipinski definition) is 4. The maximum absolute atomic E-state index is 14.3. The van der Waals surface area contributed by atoms with Crippen molar-refractivity contribution in [1.82, 2.24) is 19.7 Å². The Morgan fingerprint density at radius 3 is 2.38 bits per heavy atom. The number of aromatic nitrogens is 3. The Labute approximate surface area is 219 Å². The monoisotopic (exact) mass is 540 g/mol. The highest BCUT2D eigenvalue weighted by molar-refractivity contribution is 6.31. The van der Waals surface area contributed by atoms with Crippen LogP contribution in [-0.4, -0.2) is 49.7 Å². The highest BCUT2D eigenvalue weighted by atomic mass is 35.5. The standard InChI is InChI=1S/C26H32ClF3N4O3/c1-15-11-31-13-21(27)19(15)8-9-33(14-17-10-25(17,2)3)23(35)20-12-32-34(22(20)26(28,29)30)18-6-4-16(5-7-18)24(36)37/h11-13,16-18H,4-10,14H2,1-3H3,(H,36,37)/t16?,17-,18?/m0/s1. The zero-order valence-corrected chi connectivity index (χ0v) is 21.9. The number of rotatable bonds is 8. The van der Waals surface area contributed by atoms with Gasteiger partial charge in [0.05, 0.1) is 28.7 Å². The fourth-order valence-corrected chi connectivity index (χ4v) is 5.67. The van der Waals surface area contributed by atoms with Gasteiger partial charge in [0.2, 0.25) is 0 Å². The number of aryl methyl sites for hydroxylation is 1. The largest absolute Gasteiger partial charge is 0.481 e. The van der Waals surface area contributed by atoms with Crippen LogP contribution in [0.25, 0.3) is 0 Å². The zero-order valence-electron chi connectivity index (χ0n) is 21.2. The van der Waals surface area contributed by atoms with E-state index in [4.69, 9.17) is 11.6 Å². The Bertz CT molecular complexity index is 1150. The smallest absolute Gasteiger partial charge is 0.433 e. The van der Waals surface area contributed by atoms with E-state index in [1.807, 2.05) is 6.92 Å².